The van der Waals surface area contributed by atoms with Gasteiger partial charge in [-0.2, -0.15) is 0 Å². The van der Waals surface area contributed by atoms with E-state index in [4.69, 9.17) is 4.74 Å². The van der Waals surface area contributed by atoms with Crippen LogP contribution in [0.2, 0.25) is 0 Å². The van der Waals surface area contributed by atoms with Crippen molar-refractivity contribution < 1.29 is 17.9 Å². The fraction of sp³-hybridized carbons (Fsp3) is 0.235. The van der Waals surface area contributed by atoms with Crippen molar-refractivity contribution in [2.45, 2.75) is 18.2 Å². The van der Waals surface area contributed by atoms with E-state index in [0.29, 0.717) is 5.75 Å². The second kappa shape index (κ2) is 7.28. The van der Waals surface area contributed by atoms with Crippen LogP contribution < -0.4 is 10.1 Å². The van der Waals surface area contributed by atoms with Gasteiger partial charge in [0.25, 0.3) is 5.91 Å². The van der Waals surface area contributed by atoms with Gasteiger partial charge in [0.05, 0.1) is 10.6 Å². The first-order chi connectivity index (χ1) is 10.9. The molecular formula is C17H19NO4S. The van der Waals surface area contributed by atoms with Crippen molar-refractivity contribution in [1.82, 2.24) is 0 Å². The van der Waals surface area contributed by atoms with Crippen LogP contribution in [0.4, 0.5) is 5.69 Å². The fourth-order valence-corrected chi connectivity index (χ4v) is 2.89. The first-order valence-corrected chi connectivity index (χ1v) is 9.10. The lowest BCUT2D eigenvalue weighted by atomic mass is 10.2. The van der Waals surface area contributed by atoms with Crippen LogP contribution in [0.3, 0.4) is 0 Å². The molecule has 0 aliphatic rings. The SMILES string of the molecule is CCc1ccc(OCC(=O)Nc2ccccc2S(C)(=O)=O)cc1. The van der Waals surface area contributed by atoms with Gasteiger partial charge in [0.1, 0.15) is 5.75 Å². The Morgan fingerprint density at radius 1 is 1.09 bits per heavy atom. The summed E-state index contributed by atoms with van der Waals surface area (Å²) in [6.45, 7) is 1.87. The zero-order valence-corrected chi connectivity index (χ0v) is 13.9. The number of aryl methyl sites for hydroxylation is 1. The molecule has 122 valence electrons. The second-order valence-electron chi connectivity index (χ2n) is 5.10. The van der Waals surface area contributed by atoms with Crippen LogP contribution in [-0.4, -0.2) is 27.2 Å². The molecule has 1 amide bonds. The number of sulfone groups is 1. The quantitative estimate of drug-likeness (QED) is 0.882. The maximum absolute atomic E-state index is 12.0. The molecule has 0 spiro atoms. The van der Waals surface area contributed by atoms with E-state index in [1.807, 2.05) is 12.1 Å². The molecule has 5 nitrogen and oxygen atoms in total. The van der Waals surface area contributed by atoms with Crippen LogP contribution in [0, 0.1) is 0 Å². The molecule has 0 unspecified atom stereocenters. The number of rotatable bonds is 6. The van der Waals surface area contributed by atoms with Gasteiger partial charge in [-0.3, -0.25) is 4.79 Å². The molecular weight excluding hydrogens is 314 g/mol. The Bertz CT molecular complexity index is 782. The average molecular weight is 333 g/mol. The minimum absolute atomic E-state index is 0.0839. The van der Waals surface area contributed by atoms with Gasteiger partial charge in [-0.15, -0.1) is 0 Å². The molecule has 0 aromatic heterocycles. The van der Waals surface area contributed by atoms with Gasteiger partial charge in [0.15, 0.2) is 16.4 Å². The number of carbonyl (C=O) groups is 1. The molecule has 2 aromatic rings. The van der Waals surface area contributed by atoms with Crippen LogP contribution in [0.25, 0.3) is 0 Å². The van der Waals surface area contributed by atoms with E-state index < -0.39 is 15.7 Å². The van der Waals surface area contributed by atoms with Crippen molar-refractivity contribution in [3.05, 3.63) is 54.1 Å². The Kier molecular flexibility index (Phi) is 5.39. The summed E-state index contributed by atoms with van der Waals surface area (Å²) in [5, 5.41) is 2.57. The smallest absolute Gasteiger partial charge is 0.262 e. The molecule has 0 bridgehead atoms. The van der Waals surface area contributed by atoms with Crippen molar-refractivity contribution in [2.75, 3.05) is 18.2 Å². The molecule has 0 saturated carbocycles. The summed E-state index contributed by atoms with van der Waals surface area (Å²) in [7, 11) is -3.41. The van der Waals surface area contributed by atoms with Gasteiger partial charge in [0, 0.05) is 6.26 Å². The normalized spacial score (nSPS) is 11.0. The van der Waals surface area contributed by atoms with Crippen molar-refractivity contribution >= 4 is 21.4 Å². The maximum atomic E-state index is 12.0. The van der Waals surface area contributed by atoms with Crippen LogP contribution in [0.1, 0.15) is 12.5 Å². The van der Waals surface area contributed by atoms with E-state index in [9.17, 15) is 13.2 Å². The van der Waals surface area contributed by atoms with Crippen molar-refractivity contribution in [2.24, 2.45) is 0 Å². The molecule has 0 aliphatic carbocycles. The third-order valence-corrected chi connectivity index (χ3v) is 4.42. The highest BCUT2D eigenvalue weighted by Crippen LogP contribution is 2.20. The molecule has 2 rings (SSSR count). The summed E-state index contributed by atoms with van der Waals surface area (Å²) in [6.07, 6.45) is 2.03. The van der Waals surface area contributed by atoms with Crippen molar-refractivity contribution in [1.29, 1.82) is 0 Å². The lowest BCUT2D eigenvalue weighted by Gasteiger charge is -2.10. The fourth-order valence-electron chi connectivity index (χ4n) is 2.05. The second-order valence-corrected chi connectivity index (χ2v) is 7.09. The van der Waals surface area contributed by atoms with Gasteiger partial charge >= 0.3 is 0 Å². The number of ether oxygens (including phenoxy) is 1. The monoisotopic (exact) mass is 333 g/mol. The number of amides is 1. The predicted molar refractivity (Wildman–Crippen MR) is 89.5 cm³/mol. The van der Waals surface area contributed by atoms with E-state index >= 15 is 0 Å². The molecule has 0 heterocycles. The zero-order valence-electron chi connectivity index (χ0n) is 13.1. The Balaban J connectivity index is 2.00. The Hall–Kier alpha value is -2.34. The molecule has 0 radical (unpaired) electrons. The molecule has 0 saturated heterocycles. The summed E-state index contributed by atoms with van der Waals surface area (Å²) < 4.78 is 28.8. The largest absolute Gasteiger partial charge is 0.484 e. The Morgan fingerprint density at radius 2 is 1.74 bits per heavy atom. The third kappa shape index (κ3) is 4.82. The zero-order chi connectivity index (χ0) is 16.9. The molecule has 23 heavy (non-hydrogen) atoms. The number of benzene rings is 2. The predicted octanol–water partition coefficient (Wildman–Crippen LogP) is 2.67. The van der Waals surface area contributed by atoms with E-state index in [0.717, 1.165) is 12.7 Å². The number of carbonyl (C=O) groups excluding carboxylic acids is 1. The summed E-state index contributed by atoms with van der Waals surface area (Å²) >= 11 is 0. The first kappa shape index (κ1) is 17.0. The van der Waals surface area contributed by atoms with Gasteiger partial charge in [-0.25, -0.2) is 8.42 Å². The van der Waals surface area contributed by atoms with Crippen LogP contribution in [-0.2, 0) is 21.1 Å². The minimum atomic E-state index is -3.41. The summed E-state index contributed by atoms with van der Waals surface area (Å²) in [4.78, 5) is 12.0. The number of para-hydroxylation sites is 1. The third-order valence-electron chi connectivity index (χ3n) is 3.26. The highest BCUT2D eigenvalue weighted by molar-refractivity contribution is 7.90. The highest BCUT2D eigenvalue weighted by Gasteiger charge is 2.14. The molecule has 0 atom stereocenters. The van der Waals surface area contributed by atoms with Crippen LogP contribution in [0.15, 0.2) is 53.4 Å². The maximum Gasteiger partial charge on any atom is 0.262 e. The molecule has 2 aromatic carbocycles. The van der Waals surface area contributed by atoms with Crippen molar-refractivity contribution in [3.63, 3.8) is 0 Å². The van der Waals surface area contributed by atoms with E-state index in [1.165, 1.54) is 11.6 Å². The van der Waals surface area contributed by atoms with Crippen molar-refractivity contribution in [3.8, 4) is 5.75 Å². The average Bonchev–Trinajstić information content (AvgIpc) is 2.53. The lowest BCUT2D eigenvalue weighted by molar-refractivity contribution is -0.118. The Labute approximate surface area is 136 Å². The molecule has 0 fully saturated rings. The van der Waals surface area contributed by atoms with Gasteiger partial charge < -0.3 is 10.1 Å². The Morgan fingerprint density at radius 3 is 2.35 bits per heavy atom. The van der Waals surface area contributed by atoms with E-state index in [1.54, 1.807) is 30.3 Å². The molecule has 0 aliphatic heterocycles. The summed E-state index contributed by atoms with van der Waals surface area (Å²) in [6, 6.07) is 13.7. The van der Waals surface area contributed by atoms with E-state index in [-0.39, 0.29) is 17.2 Å². The first-order valence-electron chi connectivity index (χ1n) is 7.21. The number of hydrogen-bond acceptors (Lipinski definition) is 4. The summed E-state index contributed by atoms with van der Waals surface area (Å²) in [5.74, 6) is 0.175. The number of nitrogens with one attached hydrogen (secondary N) is 1. The van der Waals surface area contributed by atoms with E-state index in [2.05, 4.69) is 12.2 Å². The number of hydrogen-bond donors (Lipinski definition) is 1. The topological polar surface area (TPSA) is 72.5 Å². The van der Waals surface area contributed by atoms with Crippen LogP contribution in [0.5, 0.6) is 5.75 Å². The van der Waals surface area contributed by atoms with Gasteiger partial charge in [-0.1, -0.05) is 31.2 Å². The van der Waals surface area contributed by atoms with Gasteiger partial charge in [-0.05, 0) is 36.2 Å². The summed E-state index contributed by atoms with van der Waals surface area (Å²) in [5.41, 5.74) is 1.44. The molecule has 6 heteroatoms. The van der Waals surface area contributed by atoms with Crippen LogP contribution >= 0.6 is 0 Å². The number of anilines is 1. The highest BCUT2D eigenvalue weighted by atomic mass is 32.2. The van der Waals surface area contributed by atoms with Gasteiger partial charge in [0.2, 0.25) is 0 Å². The minimum Gasteiger partial charge on any atom is -0.484 e. The standard InChI is InChI=1S/C17H19NO4S/c1-3-13-8-10-14(11-9-13)22-12-17(19)18-15-6-4-5-7-16(15)23(2,20)21/h4-11H,3,12H2,1-2H3,(H,18,19). The molecule has 1 N–H and O–H groups in total. The lowest BCUT2D eigenvalue weighted by Crippen LogP contribution is -2.21.